The summed E-state index contributed by atoms with van der Waals surface area (Å²) in [5, 5.41) is 0. The monoisotopic (exact) mass is 250 g/mol. The van der Waals surface area contributed by atoms with E-state index in [0.717, 1.165) is 13.0 Å². The van der Waals surface area contributed by atoms with Crippen LogP contribution in [0.25, 0.3) is 0 Å². The lowest BCUT2D eigenvalue weighted by molar-refractivity contribution is -0.195. The van der Waals surface area contributed by atoms with Gasteiger partial charge in [0.2, 0.25) is 0 Å². The summed E-state index contributed by atoms with van der Waals surface area (Å²) in [6, 6.07) is 0. The van der Waals surface area contributed by atoms with Gasteiger partial charge in [-0.15, -0.1) is 0 Å². The molecule has 0 spiro atoms. The summed E-state index contributed by atoms with van der Waals surface area (Å²) in [6.45, 7) is 11.7. The number of rotatable bonds is 2. The van der Waals surface area contributed by atoms with Crippen molar-refractivity contribution in [2.24, 2.45) is 11.3 Å². The molecule has 0 aromatic heterocycles. The molecular weight excluding hydrogens is 224 g/mol. The molecule has 1 heterocycles. The molecule has 1 aliphatic heterocycles. The van der Waals surface area contributed by atoms with Crippen LogP contribution in [0.15, 0.2) is 23.3 Å². The van der Waals surface area contributed by atoms with Crippen LogP contribution in [0.5, 0.6) is 0 Å². The largest absolute Gasteiger partial charge is 0.353 e. The number of allylic oxidation sites excluding steroid dienone is 2. The Morgan fingerprint density at radius 1 is 1.33 bits per heavy atom. The Kier molecular flexibility index (Phi) is 3.98. The minimum absolute atomic E-state index is 0.0196. The maximum Gasteiger partial charge on any atom is 0.158 e. The minimum atomic E-state index is -0.0196. The van der Waals surface area contributed by atoms with Crippen molar-refractivity contribution in [2.45, 2.75) is 59.9 Å². The van der Waals surface area contributed by atoms with E-state index in [1.165, 1.54) is 17.6 Å². The number of hydrogen-bond acceptors (Lipinski definition) is 2. The van der Waals surface area contributed by atoms with Crippen molar-refractivity contribution in [1.82, 2.24) is 0 Å². The van der Waals surface area contributed by atoms with Gasteiger partial charge in [0, 0.05) is 12.5 Å². The highest BCUT2D eigenvalue weighted by Gasteiger charge is 2.38. The second kappa shape index (κ2) is 5.18. The van der Waals surface area contributed by atoms with Crippen LogP contribution >= 0.6 is 0 Å². The second-order valence-electron chi connectivity index (χ2n) is 6.44. The first kappa shape index (κ1) is 13.8. The Morgan fingerprint density at radius 3 is 2.67 bits per heavy atom. The fourth-order valence-electron chi connectivity index (χ4n) is 2.95. The maximum absolute atomic E-state index is 6.18. The highest BCUT2D eigenvalue weighted by Crippen LogP contribution is 2.42. The van der Waals surface area contributed by atoms with E-state index in [2.05, 4.69) is 39.8 Å². The summed E-state index contributed by atoms with van der Waals surface area (Å²) in [7, 11) is 0. The molecule has 2 aliphatic rings. The first-order valence-electron chi connectivity index (χ1n) is 7.09. The van der Waals surface area contributed by atoms with Crippen LogP contribution in [0.3, 0.4) is 0 Å². The predicted molar refractivity (Wildman–Crippen MR) is 74.3 cm³/mol. The zero-order chi connectivity index (χ0) is 13.3. The number of hydrogen-bond donors (Lipinski definition) is 0. The number of ether oxygens (including phenoxy) is 2. The van der Waals surface area contributed by atoms with Gasteiger partial charge in [0.1, 0.15) is 0 Å². The molecule has 102 valence electrons. The average molecular weight is 250 g/mol. The smallest absolute Gasteiger partial charge is 0.158 e. The van der Waals surface area contributed by atoms with E-state index in [0.29, 0.717) is 5.92 Å². The molecular formula is C16H26O2. The Balaban J connectivity index is 2.20. The molecule has 1 saturated heterocycles. The molecule has 2 rings (SSSR count). The highest BCUT2D eigenvalue weighted by atomic mass is 16.7. The van der Waals surface area contributed by atoms with Crippen LogP contribution in [0, 0.1) is 11.3 Å². The van der Waals surface area contributed by atoms with Crippen molar-refractivity contribution >= 4 is 0 Å². The third kappa shape index (κ3) is 2.86. The van der Waals surface area contributed by atoms with Gasteiger partial charge < -0.3 is 9.47 Å². The lowest BCUT2D eigenvalue weighted by atomic mass is 9.73. The van der Waals surface area contributed by atoms with Crippen LogP contribution in [-0.2, 0) is 9.47 Å². The molecule has 3 atom stereocenters. The third-order valence-corrected chi connectivity index (χ3v) is 3.81. The summed E-state index contributed by atoms with van der Waals surface area (Å²) in [6.07, 6.45) is 7.03. The van der Waals surface area contributed by atoms with E-state index in [1.54, 1.807) is 0 Å². The molecule has 2 nitrogen and oxygen atoms in total. The standard InChI is InChI=1S/C16H26O2/c1-6-17-14-8-7-12-9-11(2)10-13(15(12)18-14)16(3,4)5/h9-10,12,14-15H,6-8H2,1-5H3. The lowest BCUT2D eigenvalue weighted by Crippen LogP contribution is -2.41. The molecule has 18 heavy (non-hydrogen) atoms. The quantitative estimate of drug-likeness (QED) is 0.735. The average Bonchev–Trinajstić information content (AvgIpc) is 2.27. The van der Waals surface area contributed by atoms with Gasteiger partial charge in [0.15, 0.2) is 6.29 Å². The van der Waals surface area contributed by atoms with Gasteiger partial charge in [-0.25, -0.2) is 0 Å². The summed E-state index contributed by atoms with van der Waals surface area (Å²) in [4.78, 5) is 0. The van der Waals surface area contributed by atoms with Crippen LogP contribution in [0.1, 0.15) is 47.5 Å². The fourth-order valence-corrected chi connectivity index (χ4v) is 2.95. The van der Waals surface area contributed by atoms with E-state index in [1.807, 2.05) is 6.92 Å². The zero-order valence-electron chi connectivity index (χ0n) is 12.3. The van der Waals surface area contributed by atoms with E-state index < -0.39 is 0 Å². The molecule has 0 aromatic rings. The van der Waals surface area contributed by atoms with E-state index in [4.69, 9.17) is 9.47 Å². The Morgan fingerprint density at radius 2 is 2.06 bits per heavy atom. The molecule has 3 unspecified atom stereocenters. The highest BCUT2D eigenvalue weighted by molar-refractivity contribution is 5.35. The van der Waals surface area contributed by atoms with Gasteiger partial charge >= 0.3 is 0 Å². The van der Waals surface area contributed by atoms with Crippen molar-refractivity contribution in [1.29, 1.82) is 0 Å². The molecule has 0 amide bonds. The van der Waals surface area contributed by atoms with Crippen molar-refractivity contribution in [3.63, 3.8) is 0 Å². The van der Waals surface area contributed by atoms with Crippen molar-refractivity contribution in [3.8, 4) is 0 Å². The van der Waals surface area contributed by atoms with E-state index in [9.17, 15) is 0 Å². The Bertz CT molecular complexity index is 360. The Hall–Kier alpha value is -0.600. The molecule has 0 radical (unpaired) electrons. The fraction of sp³-hybridized carbons (Fsp3) is 0.750. The SMILES string of the molecule is CCOC1CCC2C=C(C)C=C(C(C)(C)C)C2O1. The molecule has 2 heteroatoms. The van der Waals surface area contributed by atoms with Gasteiger partial charge in [-0.05, 0) is 37.7 Å². The molecule has 0 N–H and O–H groups in total. The molecule has 0 saturated carbocycles. The first-order chi connectivity index (χ1) is 8.41. The maximum atomic E-state index is 6.18. The third-order valence-electron chi connectivity index (χ3n) is 3.81. The summed E-state index contributed by atoms with van der Waals surface area (Å²) in [5.41, 5.74) is 2.95. The van der Waals surface area contributed by atoms with Crippen molar-refractivity contribution in [2.75, 3.05) is 6.61 Å². The summed E-state index contributed by atoms with van der Waals surface area (Å²) in [5.74, 6) is 0.529. The lowest BCUT2D eigenvalue weighted by Gasteiger charge is -2.42. The topological polar surface area (TPSA) is 18.5 Å². The number of fused-ring (bicyclic) bond motifs is 1. The summed E-state index contributed by atoms with van der Waals surface area (Å²) < 4.78 is 11.8. The van der Waals surface area contributed by atoms with Gasteiger partial charge in [-0.2, -0.15) is 0 Å². The first-order valence-corrected chi connectivity index (χ1v) is 7.09. The molecule has 1 aliphatic carbocycles. The second-order valence-corrected chi connectivity index (χ2v) is 6.44. The van der Waals surface area contributed by atoms with Crippen LogP contribution in [0.2, 0.25) is 0 Å². The zero-order valence-corrected chi connectivity index (χ0v) is 12.3. The molecule has 1 fully saturated rings. The van der Waals surface area contributed by atoms with E-state index in [-0.39, 0.29) is 17.8 Å². The summed E-state index contributed by atoms with van der Waals surface area (Å²) >= 11 is 0. The van der Waals surface area contributed by atoms with Crippen LogP contribution in [-0.4, -0.2) is 19.0 Å². The Labute approximate surface area is 111 Å². The minimum Gasteiger partial charge on any atom is -0.353 e. The molecule has 0 aromatic carbocycles. The van der Waals surface area contributed by atoms with Gasteiger partial charge in [-0.1, -0.05) is 38.5 Å². The van der Waals surface area contributed by atoms with Crippen molar-refractivity contribution in [3.05, 3.63) is 23.3 Å². The van der Waals surface area contributed by atoms with Gasteiger partial charge in [-0.3, -0.25) is 0 Å². The van der Waals surface area contributed by atoms with Gasteiger partial charge in [0.05, 0.1) is 6.10 Å². The van der Waals surface area contributed by atoms with Crippen LogP contribution in [0.4, 0.5) is 0 Å². The normalized spacial score (nSPS) is 32.6. The van der Waals surface area contributed by atoms with Crippen LogP contribution < -0.4 is 0 Å². The predicted octanol–water partition coefficient (Wildman–Crippen LogP) is 4.08. The molecule has 0 bridgehead atoms. The van der Waals surface area contributed by atoms with Gasteiger partial charge in [0.25, 0.3) is 0 Å². The van der Waals surface area contributed by atoms with E-state index >= 15 is 0 Å². The van der Waals surface area contributed by atoms with Crippen molar-refractivity contribution < 1.29 is 9.47 Å².